The van der Waals surface area contributed by atoms with Gasteiger partial charge in [-0.1, -0.05) is 62.7 Å². The zero-order valence-corrected chi connectivity index (χ0v) is 34.4. The number of hydrogen-bond donors (Lipinski definition) is 0. The predicted molar refractivity (Wildman–Crippen MR) is 208 cm³/mol. The first-order chi connectivity index (χ1) is 26.8. The Hall–Kier alpha value is -4.73. The van der Waals surface area contributed by atoms with Crippen LogP contribution < -0.4 is 0 Å². The Balaban J connectivity index is 1.38. The molecule has 0 aromatic heterocycles. The van der Waals surface area contributed by atoms with Crippen LogP contribution in [0.15, 0.2) is 83.6 Å². The second-order valence-electron chi connectivity index (χ2n) is 18.8. The number of Topliss-reactive ketones (excluding diaryl/α,β-unsaturated/α-hetero) is 1. The van der Waals surface area contributed by atoms with E-state index < -0.39 is 80.8 Å². The molecule has 0 N–H and O–H groups in total. The van der Waals surface area contributed by atoms with Crippen LogP contribution in [0, 0.1) is 44.8 Å². The van der Waals surface area contributed by atoms with Crippen molar-refractivity contribution in [1.82, 2.24) is 0 Å². The molecule has 10 nitrogen and oxygen atoms in total. The summed E-state index contributed by atoms with van der Waals surface area (Å²) in [6.07, 6.45) is 1.07. The van der Waals surface area contributed by atoms with E-state index in [9.17, 15) is 24.0 Å². The normalized spacial score (nSPS) is 41.6. The fraction of sp³-hybridized carbons (Fsp3) is 0.553. The lowest BCUT2D eigenvalue weighted by Crippen LogP contribution is -2.75. The Labute approximate surface area is 334 Å². The van der Waals surface area contributed by atoms with Gasteiger partial charge in [0.2, 0.25) is 0 Å². The molecular weight excluding hydrogens is 725 g/mol. The number of fused-ring (bicyclic) bond motifs is 5. The van der Waals surface area contributed by atoms with Crippen LogP contribution in [0.1, 0.15) is 108 Å². The Kier molecular flexibility index (Phi) is 8.84. The van der Waals surface area contributed by atoms with Gasteiger partial charge in [0.15, 0.2) is 11.5 Å². The first kappa shape index (κ1) is 39.1. The van der Waals surface area contributed by atoms with E-state index in [1.807, 2.05) is 45.9 Å². The van der Waals surface area contributed by atoms with Crippen molar-refractivity contribution < 1.29 is 47.7 Å². The minimum atomic E-state index is -1.42. The fourth-order valence-electron chi connectivity index (χ4n) is 13.8. The SMILES string of the molecule is COC1=C(C)[C@@]2(C)C[C@@H](OC(C)=O)[C@H]3[C@@](C)(C[C@H](C)[C@@]34C(C)=C[C@H](OC(=O)c3ccccc3)[C@@]3(C)[C@@H](OC(=O)c5ccccc5)C[C@]5(C)C[C@@]34OC5=O)[C@@H]2CC1=O. The standard InChI is InChI=1S/C47H54O10/c1-26-20-35(55-39(50)30-16-12-10-13-17-30)45(8)36(56-40(51)31-18-14-11-15-19-31)24-42(5)25-46(45,57-41(42)52)47(26)27(2)22-44(7)34-21-32(49)37(53-9)28(3)43(34,6)23-33(38(44)47)54-29(4)48/h10-20,27,33-36,38H,21-25H2,1-9H3/t27-,33+,34+,35-,36-,38-,42+,43+,44-,45-,46+,47-/m0/s1. The monoisotopic (exact) mass is 778 g/mol. The van der Waals surface area contributed by atoms with E-state index in [2.05, 4.69) is 20.8 Å². The van der Waals surface area contributed by atoms with Gasteiger partial charge in [0, 0.05) is 37.5 Å². The molecule has 0 radical (unpaired) electrons. The smallest absolute Gasteiger partial charge is 0.338 e. The molecule has 0 unspecified atom stereocenters. The van der Waals surface area contributed by atoms with E-state index in [0.29, 0.717) is 29.7 Å². The molecule has 3 saturated carbocycles. The number of carbonyl (C=O) groups is 5. The molecule has 8 rings (SSSR count). The highest BCUT2D eigenvalue weighted by molar-refractivity contribution is 5.96. The number of ether oxygens (including phenoxy) is 5. The second kappa shape index (κ2) is 12.9. The summed E-state index contributed by atoms with van der Waals surface area (Å²) in [5.74, 6) is -2.48. The molecule has 2 spiro atoms. The average Bonchev–Trinajstić information content (AvgIpc) is 3.56. The summed E-state index contributed by atoms with van der Waals surface area (Å²) >= 11 is 0. The van der Waals surface area contributed by atoms with Crippen molar-refractivity contribution >= 4 is 29.7 Å². The highest BCUT2D eigenvalue weighted by atomic mass is 16.6. The van der Waals surface area contributed by atoms with E-state index in [4.69, 9.17) is 23.7 Å². The number of esters is 4. The average molecular weight is 779 g/mol. The molecule has 0 amide bonds. The van der Waals surface area contributed by atoms with Crippen molar-refractivity contribution in [3.8, 4) is 0 Å². The predicted octanol–water partition coefficient (Wildman–Crippen LogP) is 8.00. The van der Waals surface area contributed by atoms with Crippen molar-refractivity contribution in [3.05, 3.63) is 94.8 Å². The van der Waals surface area contributed by atoms with Crippen LogP contribution in [0.4, 0.5) is 0 Å². The van der Waals surface area contributed by atoms with E-state index in [1.54, 1.807) is 48.5 Å². The van der Waals surface area contributed by atoms with Crippen molar-refractivity contribution in [2.75, 3.05) is 7.11 Å². The molecular formula is C47H54O10. The molecule has 2 aromatic rings. The third-order valence-corrected chi connectivity index (χ3v) is 16.0. The zero-order chi connectivity index (χ0) is 41.1. The molecule has 12 atom stereocenters. The third kappa shape index (κ3) is 5.03. The molecule has 2 bridgehead atoms. The number of rotatable bonds is 6. The summed E-state index contributed by atoms with van der Waals surface area (Å²) < 4.78 is 32.4. The molecule has 6 aliphatic rings. The molecule has 10 heteroatoms. The zero-order valence-electron chi connectivity index (χ0n) is 34.4. The van der Waals surface area contributed by atoms with Gasteiger partial charge in [-0.25, -0.2) is 9.59 Å². The van der Waals surface area contributed by atoms with Gasteiger partial charge in [-0.2, -0.15) is 0 Å². The largest absolute Gasteiger partial charge is 0.493 e. The topological polar surface area (TPSA) is 132 Å². The molecule has 57 heavy (non-hydrogen) atoms. The van der Waals surface area contributed by atoms with Crippen LogP contribution in [0.25, 0.3) is 0 Å². The summed E-state index contributed by atoms with van der Waals surface area (Å²) in [7, 11) is 1.52. The van der Waals surface area contributed by atoms with E-state index in [0.717, 1.165) is 11.1 Å². The minimum absolute atomic E-state index is 0.0609. The van der Waals surface area contributed by atoms with Crippen LogP contribution in [0.2, 0.25) is 0 Å². The number of methoxy groups -OCH3 is 1. The molecule has 5 aliphatic carbocycles. The molecule has 4 fully saturated rings. The van der Waals surface area contributed by atoms with Crippen molar-refractivity contribution in [2.24, 2.45) is 44.8 Å². The van der Waals surface area contributed by atoms with Crippen LogP contribution in [0.3, 0.4) is 0 Å². The fourth-order valence-corrected chi connectivity index (χ4v) is 13.8. The number of benzene rings is 2. The third-order valence-electron chi connectivity index (χ3n) is 16.0. The Bertz CT molecular complexity index is 2120. The summed E-state index contributed by atoms with van der Waals surface area (Å²) in [5, 5.41) is 0. The summed E-state index contributed by atoms with van der Waals surface area (Å²) in [5.41, 5.74) is -3.60. The Morgan fingerprint density at radius 2 is 1.40 bits per heavy atom. The first-order valence-electron chi connectivity index (χ1n) is 20.2. The maximum Gasteiger partial charge on any atom is 0.338 e. The Morgan fingerprint density at radius 3 is 1.98 bits per heavy atom. The first-order valence-corrected chi connectivity index (χ1v) is 20.2. The quantitative estimate of drug-likeness (QED) is 0.162. The highest BCUT2D eigenvalue weighted by Crippen LogP contribution is 2.82. The summed E-state index contributed by atoms with van der Waals surface area (Å²) in [6.45, 7) is 15.8. The van der Waals surface area contributed by atoms with Crippen LogP contribution in [0.5, 0.6) is 0 Å². The number of ketones is 1. The van der Waals surface area contributed by atoms with Crippen molar-refractivity contribution in [2.45, 2.75) is 111 Å². The molecule has 1 heterocycles. The van der Waals surface area contributed by atoms with Gasteiger partial charge >= 0.3 is 23.9 Å². The van der Waals surface area contributed by atoms with Crippen molar-refractivity contribution in [1.29, 1.82) is 0 Å². The van der Waals surface area contributed by atoms with Crippen molar-refractivity contribution in [3.63, 3.8) is 0 Å². The minimum Gasteiger partial charge on any atom is -0.493 e. The molecule has 1 saturated heterocycles. The number of allylic oxidation sites excluding steroid dienone is 2. The maximum atomic E-state index is 14.7. The van der Waals surface area contributed by atoms with Gasteiger partial charge < -0.3 is 23.7 Å². The molecule has 302 valence electrons. The Morgan fingerprint density at radius 1 is 0.807 bits per heavy atom. The van der Waals surface area contributed by atoms with Gasteiger partial charge in [0.05, 0.1) is 29.1 Å². The van der Waals surface area contributed by atoms with Crippen LogP contribution in [-0.4, -0.2) is 60.7 Å². The lowest BCUT2D eigenvalue weighted by atomic mass is 9.37. The number of hydrogen-bond acceptors (Lipinski definition) is 10. The lowest BCUT2D eigenvalue weighted by molar-refractivity contribution is -0.272. The molecule has 2 aromatic carbocycles. The number of carbonyl (C=O) groups excluding carboxylic acids is 5. The summed E-state index contributed by atoms with van der Waals surface area (Å²) in [4.78, 5) is 70.0. The van der Waals surface area contributed by atoms with Gasteiger partial charge in [-0.05, 0) is 99.1 Å². The highest BCUT2D eigenvalue weighted by Gasteiger charge is 2.87. The van der Waals surface area contributed by atoms with Gasteiger partial charge in [0.25, 0.3) is 0 Å². The van der Waals surface area contributed by atoms with E-state index in [1.165, 1.54) is 14.0 Å². The van der Waals surface area contributed by atoms with E-state index >= 15 is 0 Å². The van der Waals surface area contributed by atoms with Crippen LogP contribution in [-0.2, 0) is 38.1 Å². The molecule has 1 aliphatic heterocycles. The summed E-state index contributed by atoms with van der Waals surface area (Å²) in [6, 6.07) is 17.4. The van der Waals surface area contributed by atoms with E-state index in [-0.39, 0.29) is 36.9 Å². The van der Waals surface area contributed by atoms with Crippen LogP contribution >= 0.6 is 0 Å². The van der Waals surface area contributed by atoms with Gasteiger partial charge in [-0.3, -0.25) is 14.4 Å². The second-order valence-corrected chi connectivity index (χ2v) is 18.8. The lowest BCUT2D eigenvalue weighted by Gasteiger charge is -2.69. The van der Waals surface area contributed by atoms with Gasteiger partial charge in [0.1, 0.15) is 23.9 Å². The van der Waals surface area contributed by atoms with Gasteiger partial charge in [-0.15, -0.1) is 0 Å². The maximum absolute atomic E-state index is 14.7.